The molecule has 1 fully saturated rings. The summed E-state index contributed by atoms with van der Waals surface area (Å²) in [4.78, 5) is 17.4. The Morgan fingerprint density at radius 3 is 2.59 bits per heavy atom. The van der Waals surface area contributed by atoms with E-state index in [4.69, 9.17) is 5.26 Å². The molecule has 1 aliphatic carbocycles. The van der Waals surface area contributed by atoms with Crippen molar-refractivity contribution in [1.82, 2.24) is 30.0 Å². The molecule has 8 nitrogen and oxygen atoms in total. The van der Waals surface area contributed by atoms with Crippen LogP contribution in [0.25, 0.3) is 5.69 Å². The molecule has 5 rings (SSSR count). The number of carbonyl (C=O) groups excluding carboxylic acids is 1. The second kappa shape index (κ2) is 8.89. The number of aromatic nitrogens is 4. The smallest absolute Gasteiger partial charge is 0.227 e. The van der Waals surface area contributed by atoms with Crippen molar-refractivity contribution < 1.29 is 4.79 Å². The maximum atomic E-state index is 12.8. The summed E-state index contributed by atoms with van der Waals surface area (Å²) in [6.07, 6.45) is 5.13. The van der Waals surface area contributed by atoms with Crippen LogP contribution >= 0.6 is 0 Å². The van der Waals surface area contributed by atoms with Gasteiger partial charge in [-0.1, -0.05) is 18.2 Å². The molecule has 8 heteroatoms. The summed E-state index contributed by atoms with van der Waals surface area (Å²) in [7, 11) is 0. The molecule has 0 radical (unpaired) electrons. The van der Waals surface area contributed by atoms with Crippen molar-refractivity contribution in [1.29, 1.82) is 5.26 Å². The lowest BCUT2D eigenvalue weighted by Crippen LogP contribution is -2.53. The summed E-state index contributed by atoms with van der Waals surface area (Å²) < 4.78 is 1.59. The molecule has 162 valence electrons. The third-order valence-electron chi connectivity index (χ3n) is 6.63. The van der Waals surface area contributed by atoms with Crippen molar-refractivity contribution in [2.24, 2.45) is 0 Å². The van der Waals surface area contributed by atoms with E-state index in [2.05, 4.69) is 32.6 Å². The first-order chi connectivity index (χ1) is 15.7. The van der Waals surface area contributed by atoms with Crippen LogP contribution in [0.5, 0.6) is 0 Å². The molecule has 2 heterocycles. The Hall–Kier alpha value is -3.57. The van der Waals surface area contributed by atoms with Crippen LogP contribution in [-0.4, -0.2) is 68.1 Å². The third kappa shape index (κ3) is 4.25. The Balaban J connectivity index is 1.13. The fraction of sp³-hybridized carbons (Fsp3) is 0.375. The summed E-state index contributed by atoms with van der Waals surface area (Å²) in [5, 5.41) is 20.3. The lowest BCUT2D eigenvalue weighted by atomic mass is 9.86. The van der Waals surface area contributed by atoms with Crippen LogP contribution in [0.2, 0.25) is 0 Å². The number of tetrazole rings is 1. The lowest BCUT2D eigenvalue weighted by molar-refractivity contribution is -0.132. The molecule has 1 aromatic heterocycles. The van der Waals surface area contributed by atoms with E-state index in [0.717, 1.165) is 62.3 Å². The van der Waals surface area contributed by atoms with Crippen molar-refractivity contribution in [3.8, 4) is 11.8 Å². The molecule has 0 spiro atoms. The van der Waals surface area contributed by atoms with Gasteiger partial charge < -0.3 is 4.90 Å². The van der Waals surface area contributed by atoms with Gasteiger partial charge in [-0.05, 0) is 70.6 Å². The highest BCUT2D eigenvalue weighted by molar-refractivity contribution is 5.79. The average molecular weight is 428 g/mol. The predicted molar refractivity (Wildman–Crippen MR) is 118 cm³/mol. The minimum absolute atomic E-state index is 0.179. The van der Waals surface area contributed by atoms with Gasteiger partial charge in [0.2, 0.25) is 5.91 Å². The van der Waals surface area contributed by atoms with Gasteiger partial charge in [-0.3, -0.25) is 9.69 Å². The zero-order valence-corrected chi connectivity index (χ0v) is 17.9. The van der Waals surface area contributed by atoms with Crippen molar-refractivity contribution in [3.63, 3.8) is 0 Å². The first-order valence-electron chi connectivity index (χ1n) is 11.1. The van der Waals surface area contributed by atoms with Gasteiger partial charge in [0.25, 0.3) is 0 Å². The minimum atomic E-state index is 0.179. The Labute approximate surface area is 187 Å². The standard InChI is InChI=1S/C24H25N7O/c25-16-19-1-4-21-15-23(8-5-20(21)13-19)29-9-11-30(12-10-29)24(32)14-18-2-6-22(7-3-18)31-17-26-27-28-31/h1-4,6-7,13,17,23H,5,8-12,14-15H2. The number of nitrogens with zero attached hydrogens (tertiary/aromatic N) is 7. The monoisotopic (exact) mass is 427 g/mol. The number of aryl methyl sites for hydroxylation is 1. The van der Waals surface area contributed by atoms with Crippen LogP contribution in [0.4, 0.5) is 0 Å². The fourth-order valence-corrected chi connectivity index (χ4v) is 4.79. The van der Waals surface area contributed by atoms with Crippen molar-refractivity contribution in [3.05, 3.63) is 71.0 Å². The zero-order chi connectivity index (χ0) is 21.9. The van der Waals surface area contributed by atoms with Crippen LogP contribution in [0.1, 0.15) is 28.7 Å². The number of hydrogen-bond donors (Lipinski definition) is 0. The summed E-state index contributed by atoms with van der Waals surface area (Å²) >= 11 is 0. The number of benzene rings is 2. The molecule has 2 aliphatic rings. The Bertz CT molecular complexity index is 1130. The minimum Gasteiger partial charge on any atom is -0.340 e. The molecule has 1 unspecified atom stereocenters. The summed E-state index contributed by atoms with van der Waals surface area (Å²) in [5.74, 6) is 0.179. The van der Waals surface area contributed by atoms with Gasteiger partial charge in [0.05, 0.1) is 23.7 Å². The highest BCUT2D eigenvalue weighted by atomic mass is 16.2. The summed E-state index contributed by atoms with van der Waals surface area (Å²) in [6, 6.07) is 16.6. The van der Waals surface area contributed by atoms with Gasteiger partial charge in [0.1, 0.15) is 6.33 Å². The number of amides is 1. The highest BCUT2D eigenvalue weighted by Gasteiger charge is 2.28. The van der Waals surface area contributed by atoms with Crippen LogP contribution < -0.4 is 0 Å². The topological polar surface area (TPSA) is 90.9 Å². The molecule has 1 saturated heterocycles. The zero-order valence-electron chi connectivity index (χ0n) is 17.9. The van der Waals surface area contributed by atoms with Crippen molar-refractivity contribution in [2.75, 3.05) is 26.2 Å². The lowest BCUT2D eigenvalue weighted by Gasteiger charge is -2.41. The number of hydrogen-bond acceptors (Lipinski definition) is 6. The molecule has 1 aliphatic heterocycles. The number of rotatable bonds is 4. The van der Waals surface area contributed by atoms with E-state index in [1.165, 1.54) is 11.1 Å². The van der Waals surface area contributed by atoms with Gasteiger partial charge in [-0.25, -0.2) is 4.68 Å². The molecule has 0 N–H and O–H groups in total. The Morgan fingerprint density at radius 1 is 1.06 bits per heavy atom. The van der Waals surface area contributed by atoms with E-state index in [1.807, 2.05) is 41.3 Å². The van der Waals surface area contributed by atoms with Crippen LogP contribution in [0, 0.1) is 11.3 Å². The summed E-state index contributed by atoms with van der Waals surface area (Å²) in [6.45, 7) is 3.39. The van der Waals surface area contributed by atoms with E-state index in [-0.39, 0.29) is 5.91 Å². The van der Waals surface area contributed by atoms with Gasteiger partial charge >= 0.3 is 0 Å². The van der Waals surface area contributed by atoms with E-state index in [0.29, 0.717) is 12.5 Å². The van der Waals surface area contributed by atoms with Crippen LogP contribution in [0.15, 0.2) is 48.8 Å². The van der Waals surface area contributed by atoms with Crippen LogP contribution in [-0.2, 0) is 24.1 Å². The normalized spacial score (nSPS) is 18.7. The second-order valence-electron chi connectivity index (χ2n) is 8.51. The Kier molecular flexibility index (Phi) is 5.65. The SMILES string of the molecule is N#Cc1ccc2c(c1)CCC(N1CCN(C(=O)Cc3ccc(-n4cnnn4)cc3)CC1)C2. The molecule has 1 amide bonds. The van der Waals surface area contributed by atoms with E-state index < -0.39 is 0 Å². The van der Waals surface area contributed by atoms with Crippen LogP contribution in [0.3, 0.4) is 0 Å². The molecule has 3 aromatic rings. The predicted octanol–water partition coefficient (Wildman–Crippen LogP) is 1.78. The first kappa shape index (κ1) is 20.3. The van der Waals surface area contributed by atoms with Gasteiger partial charge in [-0.2, -0.15) is 5.26 Å². The Morgan fingerprint density at radius 2 is 1.88 bits per heavy atom. The van der Waals surface area contributed by atoms with Gasteiger partial charge in [0, 0.05) is 32.2 Å². The van der Waals surface area contributed by atoms with E-state index >= 15 is 0 Å². The summed E-state index contributed by atoms with van der Waals surface area (Å²) in [5.41, 5.74) is 5.30. The number of fused-ring (bicyclic) bond motifs is 1. The van der Waals surface area contributed by atoms with Gasteiger partial charge in [-0.15, -0.1) is 5.10 Å². The molecular formula is C24H25N7O. The van der Waals surface area contributed by atoms with E-state index in [1.54, 1.807) is 11.0 Å². The highest BCUT2D eigenvalue weighted by Crippen LogP contribution is 2.26. The first-order valence-corrected chi connectivity index (χ1v) is 11.1. The van der Waals surface area contributed by atoms with Crippen molar-refractivity contribution in [2.45, 2.75) is 31.7 Å². The largest absolute Gasteiger partial charge is 0.340 e. The van der Waals surface area contributed by atoms with E-state index in [9.17, 15) is 4.79 Å². The number of carbonyl (C=O) groups is 1. The number of piperazine rings is 1. The molecule has 2 aromatic carbocycles. The molecule has 1 atom stereocenters. The molecular weight excluding hydrogens is 402 g/mol. The fourth-order valence-electron chi connectivity index (χ4n) is 4.79. The maximum Gasteiger partial charge on any atom is 0.227 e. The molecule has 32 heavy (non-hydrogen) atoms. The maximum absolute atomic E-state index is 12.8. The third-order valence-corrected chi connectivity index (χ3v) is 6.63. The van der Waals surface area contributed by atoms with Gasteiger partial charge in [0.15, 0.2) is 0 Å². The van der Waals surface area contributed by atoms with Crippen molar-refractivity contribution >= 4 is 5.91 Å². The second-order valence-corrected chi connectivity index (χ2v) is 8.51. The molecule has 0 saturated carbocycles. The quantitative estimate of drug-likeness (QED) is 0.630. The molecule has 0 bridgehead atoms. The average Bonchev–Trinajstić information content (AvgIpc) is 3.39. The number of nitriles is 1.